The van der Waals surface area contributed by atoms with E-state index in [1.807, 2.05) is 29.2 Å². The second kappa shape index (κ2) is 8.36. The van der Waals surface area contributed by atoms with Gasteiger partial charge in [0.25, 0.3) is 11.8 Å². The van der Waals surface area contributed by atoms with Gasteiger partial charge < -0.3 is 10.2 Å². The van der Waals surface area contributed by atoms with Crippen LogP contribution in [0.5, 0.6) is 0 Å². The summed E-state index contributed by atoms with van der Waals surface area (Å²) < 4.78 is 0. The molecule has 2 aromatic rings. The normalized spacial score (nSPS) is 15.4. The number of hydrogen-bond donors (Lipinski definition) is 1. The minimum Gasteiger partial charge on any atom is -0.349 e. The average Bonchev–Trinajstić information content (AvgIpc) is 2.68. The molecule has 3 rings (SSSR count). The van der Waals surface area contributed by atoms with Gasteiger partial charge in [-0.25, -0.2) is 0 Å². The Morgan fingerprint density at radius 3 is 2.00 bits per heavy atom. The van der Waals surface area contributed by atoms with Gasteiger partial charge in [-0.3, -0.25) is 9.59 Å². The van der Waals surface area contributed by atoms with Gasteiger partial charge in [0.2, 0.25) is 0 Å². The highest BCUT2D eigenvalue weighted by Gasteiger charge is 2.25. The first-order valence-corrected chi connectivity index (χ1v) is 10.1. The van der Waals surface area contributed by atoms with Crippen molar-refractivity contribution in [1.82, 2.24) is 10.2 Å². The van der Waals surface area contributed by atoms with Crippen LogP contribution in [0.3, 0.4) is 0 Å². The molecule has 148 valence electrons. The SMILES string of the molecule is CC(C)(C)c1ccc(C(=O)NC2CCN(C(=O)c3ccc(Cl)cc3)CC2)cc1. The maximum atomic E-state index is 12.6. The molecule has 0 unspecified atom stereocenters. The first-order chi connectivity index (χ1) is 13.2. The van der Waals surface area contributed by atoms with Crippen LogP contribution in [0.15, 0.2) is 48.5 Å². The van der Waals surface area contributed by atoms with Gasteiger partial charge in [0.15, 0.2) is 0 Å². The van der Waals surface area contributed by atoms with Gasteiger partial charge in [-0.15, -0.1) is 0 Å². The lowest BCUT2D eigenvalue weighted by Crippen LogP contribution is -2.46. The fraction of sp³-hybridized carbons (Fsp3) is 0.391. The van der Waals surface area contributed by atoms with Crippen molar-refractivity contribution < 1.29 is 9.59 Å². The molecule has 4 nitrogen and oxygen atoms in total. The summed E-state index contributed by atoms with van der Waals surface area (Å²) in [5.41, 5.74) is 2.59. The highest BCUT2D eigenvalue weighted by Crippen LogP contribution is 2.22. The van der Waals surface area contributed by atoms with Crippen molar-refractivity contribution in [2.24, 2.45) is 0 Å². The third-order valence-electron chi connectivity index (χ3n) is 5.22. The minimum atomic E-state index is -0.0528. The van der Waals surface area contributed by atoms with Crippen molar-refractivity contribution in [1.29, 1.82) is 0 Å². The molecule has 0 radical (unpaired) electrons. The standard InChI is InChI=1S/C23H27ClN2O2/c1-23(2,3)18-8-4-16(5-9-18)21(27)25-20-12-14-26(15-13-20)22(28)17-6-10-19(24)11-7-17/h4-11,20H,12-15H2,1-3H3,(H,25,27). The molecule has 2 aromatic carbocycles. The van der Waals surface area contributed by atoms with Gasteiger partial charge in [-0.1, -0.05) is 44.5 Å². The Hall–Kier alpha value is -2.33. The van der Waals surface area contributed by atoms with Crippen LogP contribution in [-0.4, -0.2) is 35.8 Å². The molecule has 5 heteroatoms. The van der Waals surface area contributed by atoms with E-state index in [-0.39, 0.29) is 23.3 Å². The van der Waals surface area contributed by atoms with Crippen LogP contribution in [0.4, 0.5) is 0 Å². The van der Waals surface area contributed by atoms with Crippen molar-refractivity contribution in [2.45, 2.75) is 45.1 Å². The van der Waals surface area contributed by atoms with Crippen LogP contribution >= 0.6 is 11.6 Å². The predicted octanol–water partition coefficient (Wildman–Crippen LogP) is 4.67. The number of nitrogens with one attached hydrogen (secondary N) is 1. The van der Waals surface area contributed by atoms with Gasteiger partial charge in [0, 0.05) is 35.3 Å². The molecule has 2 amide bonds. The van der Waals surface area contributed by atoms with Crippen LogP contribution < -0.4 is 5.32 Å². The predicted molar refractivity (Wildman–Crippen MR) is 113 cm³/mol. The second-order valence-electron chi connectivity index (χ2n) is 8.37. The van der Waals surface area contributed by atoms with E-state index in [4.69, 9.17) is 11.6 Å². The van der Waals surface area contributed by atoms with Crippen molar-refractivity contribution in [3.8, 4) is 0 Å². The largest absolute Gasteiger partial charge is 0.349 e. The number of rotatable bonds is 3. The van der Waals surface area contributed by atoms with E-state index in [1.165, 1.54) is 5.56 Å². The topological polar surface area (TPSA) is 49.4 Å². The van der Waals surface area contributed by atoms with Crippen LogP contribution in [0.25, 0.3) is 0 Å². The number of carbonyl (C=O) groups excluding carboxylic acids is 2. The van der Waals surface area contributed by atoms with E-state index in [0.717, 1.165) is 12.8 Å². The Kier molecular flexibility index (Phi) is 6.09. The van der Waals surface area contributed by atoms with Crippen molar-refractivity contribution in [3.05, 3.63) is 70.2 Å². The fourth-order valence-corrected chi connectivity index (χ4v) is 3.52. The molecule has 0 aliphatic carbocycles. The summed E-state index contributed by atoms with van der Waals surface area (Å²) in [4.78, 5) is 26.9. The molecule has 1 fully saturated rings. The minimum absolute atomic E-state index is 0.0132. The van der Waals surface area contributed by atoms with Gasteiger partial charge in [-0.05, 0) is 60.2 Å². The lowest BCUT2D eigenvalue weighted by atomic mass is 9.86. The molecule has 0 spiro atoms. The third kappa shape index (κ3) is 4.93. The fourth-order valence-electron chi connectivity index (χ4n) is 3.39. The zero-order valence-electron chi connectivity index (χ0n) is 16.7. The van der Waals surface area contributed by atoms with E-state index in [2.05, 4.69) is 26.1 Å². The van der Waals surface area contributed by atoms with Crippen molar-refractivity contribution in [3.63, 3.8) is 0 Å². The first-order valence-electron chi connectivity index (χ1n) is 9.70. The van der Waals surface area contributed by atoms with Gasteiger partial charge >= 0.3 is 0 Å². The quantitative estimate of drug-likeness (QED) is 0.816. The number of carbonyl (C=O) groups is 2. The van der Waals surface area contributed by atoms with E-state index in [1.54, 1.807) is 24.3 Å². The number of benzene rings is 2. The molecular formula is C23H27ClN2O2. The molecule has 1 heterocycles. The van der Waals surface area contributed by atoms with Crippen LogP contribution in [0, 0.1) is 0 Å². The summed E-state index contributed by atoms with van der Waals surface area (Å²) >= 11 is 5.89. The second-order valence-corrected chi connectivity index (χ2v) is 8.81. The number of likely N-dealkylation sites (tertiary alicyclic amines) is 1. The summed E-state index contributed by atoms with van der Waals surface area (Å²) in [5, 5.41) is 3.72. The smallest absolute Gasteiger partial charge is 0.253 e. The van der Waals surface area contributed by atoms with E-state index in [9.17, 15) is 9.59 Å². The van der Waals surface area contributed by atoms with Crippen LogP contribution in [0.2, 0.25) is 5.02 Å². The third-order valence-corrected chi connectivity index (χ3v) is 5.47. The Labute approximate surface area is 171 Å². The summed E-state index contributed by atoms with van der Waals surface area (Å²) in [7, 11) is 0. The van der Waals surface area contributed by atoms with Crippen molar-refractivity contribution >= 4 is 23.4 Å². The highest BCUT2D eigenvalue weighted by molar-refractivity contribution is 6.30. The summed E-state index contributed by atoms with van der Waals surface area (Å²) in [6, 6.07) is 14.8. The molecule has 0 atom stereocenters. The molecule has 0 saturated carbocycles. The summed E-state index contributed by atoms with van der Waals surface area (Å²) in [5.74, 6) is -0.0397. The maximum Gasteiger partial charge on any atom is 0.253 e. The summed E-state index contributed by atoms with van der Waals surface area (Å²) in [6.45, 7) is 7.73. The molecule has 0 aromatic heterocycles. The Morgan fingerprint density at radius 1 is 0.929 bits per heavy atom. The molecule has 1 saturated heterocycles. The van der Waals surface area contributed by atoms with E-state index in [0.29, 0.717) is 29.2 Å². The number of hydrogen-bond acceptors (Lipinski definition) is 2. The lowest BCUT2D eigenvalue weighted by molar-refractivity contribution is 0.0698. The Morgan fingerprint density at radius 2 is 1.46 bits per heavy atom. The highest BCUT2D eigenvalue weighted by atomic mass is 35.5. The number of nitrogens with zero attached hydrogens (tertiary/aromatic N) is 1. The Balaban J connectivity index is 1.53. The zero-order valence-corrected chi connectivity index (χ0v) is 17.4. The van der Waals surface area contributed by atoms with Crippen LogP contribution in [-0.2, 0) is 5.41 Å². The zero-order chi connectivity index (χ0) is 20.3. The van der Waals surface area contributed by atoms with Crippen LogP contribution in [0.1, 0.15) is 59.9 Å². The first kappa shape index (κ1) is 20.4. The number of amides is 2. The van der Waals surface area contributed by atoms with E-state index < -0.39 is 0 Å². The molecule has 28 heavy (non-hydrogen) atoms. The lowest BCUT2D eigenvalue weighted by Gasteiger charge is -2.32. The van der Waals surface area contributed by atoms with Gasteiger partial charge in [-0.2, -0.15) is 0 Å². The van der Waals surface area contributed by atoms with Crippen molar-refractivity contribution in [2.75, 3.05) is 13.1 Å². The monoisotopic (exact) mass is 398 g/mol. The molecule has 0 bridgehead atoms. The molecule has 1 aliphatic heterocycles. The van der Waals surface area contributed by atoms with E-state index >= 15 is 0 Å². The number of piperidine rings is 1. The molecule has 1 N–H and O–H groups in total. The van der Waals surface area contributed by atoms with Gasteiger partial charge in [0.05, 0.1) is 0 Å². The Bertz CT molecular complexity index is 830. The molecule has 1 aliphatic rings. The molecular weight excluding hydrogens is 372 g/mol. The summed E-state index contributed by atoms with van der Waals surface area (Å²) in [6.07, 6.45) is 1.51. The maximum absolute atomic E-state index is 12.6. The van der Waals surface area contributed by atoms with Gasteiger partial charge in [0.1, 0.15) is 0 Å². The number of halogens is 1. The average molecular weight is 399 g/mol.